The minimum absolute atomic E-state index is 0.340. The van der Waals surface area contributed by atoms with Gasteiger partial charge in [0.15, 0.2) is 0 Å². The summed E-state index contributed by atoms with van der Waals surface area (Å²) in [6.45, 7) is 5.19. The summed E-state index contributed by atoms with van der Waals surface area (Å²) in [5.41, 5.74) is 0. The van der Waals surface area contributed by atoms with Crippen molar-refractivity contribution in [2.24, 2.45) is 5.92 Å². The van der Waals surface area contributed by atoms with Gasteiger partial charge in [-0.05, 0) is 25.2 Å². The van der Waals surface area contributed by atoms with Crippen LogP contribution >= 0.6 is 11.6 Å². The molecule has 0 rings (SSSR count). The second-order valence-electron chi connectivity index (χ2n) is 3.04. The summed E-state index contributed by atoms with van der Waals surface area (Å²) in [5.74, 6) is 0.622. The molecule has 0 aromatic heterocycles. The zero-order valence-electron chi connectivity index (χ0n) is 7.77. The molecule has 0 amide bonds. The van der Waals surface area contributed by atoms with Crippen LogP contribution in [-0.2, 0) is 4.74 Å². The molecule has 2 unspecified atom stereocenters. The van der Waals surface area contributed by atoms with Crippen molar-refractivity contribution in [1.82, 2.24) is 0 Å². The summed E-state index contributed by atoms with van der Waals surface area (Å²) in [4.78, 5) is 0. The van der Waals surface area contributed by atoms with Crippen molar-refractivity contribution >= 4 is 11.6 Å². The largest absolute Gasteiger partial charge is 0.385 e. The average Bonchev–Trinajstić information content (AvgIpc) is 2.03. The number of ether oxygens (including phenoxy) is 1. The van der Waals surface area contributed by atoms with E-state index in [4.69, 9.17) is 16.3 Å². The molecule has 2 heteroatoms. The first kappa shape index (κ1) is 11.2. The Labute approximate surface area is 75.1 Å². The van der Waals surface area contributed by atoms with Gasteiger partial charge in [-0.15, -0.1) is 11.6 Å². The van der Waals surface area contributed by atoms with Gasteiger partial charge in [0, 0.05) is 19.1 Å². The van der Waals surface area contributed by atoms with Crippen LogP contribution in [0.25, 0.3) is 0 Å². The van der Waals surface area contributed by atoms with Gasteiger partial charge in [0.2, 0.25) is 0 Å². The Balaban J connectivity index is 3.28. The molecule has 0 aliphatic rings. The number of rotatable bonds is 6. The van der Waals surface area contributed by atoms with Crippen molar-refractivity contribution in [3.8, 4) is 0 Å². The zero-order valence-corrected chi connectivity index (χ0v) is 8.53. The number of hydrogen-bond acceptors (Lipinski definition) is 1. The third kappa shape index (κ3) is 5.51. The van der Waals surface area contributed by atoms with E-state index in [2.05, 4.69) is 13.8 Å². The van der Waals surface area contributed by atoms with Crippen molar-refractivity contribution in [3.05, 3.63) is 0 Å². The fourth-order valence-electron chi connectivity index (χ4n) is 1.13. The van der Waals surface area contributed by atoms with Crippen LogP contribution in [0, 0.1) is 5.92 Å². The molecule has 0 aromatic carbocycles. The van der Waals surface area contributed by atoms with Crippen LogP contribution in [0.2, 0.25) is 0 Å². The molecule has 0 N–H and O–H groups in total. The molecule has 0 bridgehead atoms. The lowest BCUT2D eigenvalue weighted by atomic mass is 10.0. The third-order valence-corrected chi connectivity index (χ3v) is 2.75. The first-order valence-electron chi connectivity index (χ1n) is 4.35. The normalized spacial score (nSPS) is 16.4. The molecule has 1 nitrogen and oxygen atoms in total. The van der Waals surface area contributed by atoms with E-state index in [0.717, 1.165) is 19.4 Å². The van der Waals surface area contributed by atoms with Gasteiger partial charge in [0.1, 0.15) is 0 Å². The highest BCUT2D eigenvalue weighted by Gasteiger charge is 2.10. The molecular formula is C9H19ClO. The van der Waals surface area contributed by atoms with E-state index in [1.165, 1.54) is 6.42 Å². The van der Waals surface area contributed by atoms with Gasteiger partial charge in [0.25, 0.3) is 0 Å². The van der Waals surface area contributed by atoms with E-state index in [1.807, 2.05) is 0 Å². The highest BCUT2D eigenvalue weighted by molar-refractivity contribution is 6.20. The van der Waals surface area contributed by atoms with Crippen molar-refractivity contribution in [1.29, 1.82) is 0 Å². The van der Waals surface area contributed by atoms with Crippen LogP contribution < -0.4 is 0 Å². The SMILES string of the molecule is CCC(Cl)C(C)CCCOC. The van der Waals surface area contributed by atoms with Crippen LogP contribution in [0.5, 0.6) is 0 Å². The molecule has 0 radical (unpaired) electrons. The maximum Gasteiger partial charge on any atom is 0.0462 e. The fraction of sp³-hybridized carbons (Fsp3) is 1.00. The van der Waals surface area contributed by atoms with Crippen molar-refractivity contribution in [2.45, 2.75) is 38.5 Å². The van der Waals surface area contributed by atoms with Gasteiger partial charge in [-0.25, -0.2) is 0 Å². The summed E-state index contributed by atoms with van der Waals surface area (Å²) in [6.07, 6.45) is 3.37. The first-order valence-corrected chi connectivity index (χ1v) is 4.79. The summed E-state index contributed by atoms with van der Waals surface area (Å²) in [6, 6.07) is 0. The molecule has 0 fully saturated rings. The van der Waals surface area contributed by atoms with Crippen LogP contribution in [0.15, 0.2) is 0 Å². The smallest absolute Gasteiger partial charge is 0.0462 e. The quantitative estimate of drug-likeness (QED) is 0.449. The second-order valence-corrected chi connectivity index (χ2v) is 3.60. The van der Waals surface area contributed by atoms with E-state index < -0.39 is 0 Å². The molecule has 0 spiro atoms. The summed E-state index contributed by atoms with van der Waals surface area (Å²) in [5, 5.41) is 0.340. The highest BCUT2D eigenvalue weighted by Crippen LogP contribution is 2.18. The first-order chi connectivity index (χ1) is 5.22. The molecular weight excluding hydrogens is 160 g/mol. The van der Waals surface area contributed by atoms with Gasteiger partial charge < -0.3 is 4.74 Å². The molecule has 0 aromatic rings. The van der Waals surface area contributed by atoms with Gasteiger partial charge in [-0.1, -0.05) is 13.8 Å². The van der Waals surface area contributed by atoms with Crippen molar-refractivity contribution in [2.75, 3.05) is 13.7 Å². The maximum absolute atomic E-state index is 6.05. The minimum atomic E-state index is 0.340. The van der Waals surface area contributed by atoms with E-state index in [-0.39, 0.29) is 0 Å². The monoisotopic (exact) mass is 178 g/mol. The predicted molar refractivity (Wildman–Crippen MR) is 50.2 cm³/mol. The minimum Gasteiger partial charge on any atom is -0.385 e. The van der Waals surface area contributed by atoms with E-state index in [1.54, 1.807) is 7.11 Å². The van der Waals surface area contributed by atoms with Gasteiger partial charge >= 0.3 is 0 Å². The van der Waals surface area contributed by atoms with Crippen LogP contribution in [0.4, 0.5) is 0 Å². The Morgan fingerprint density at radius 3 is 2.55 bits per heavy atom. The Morgan fingerprint density at radius 1 is 1.45 bits per heavy atom. The number of alkyl halides is 1. The highest BCUT2D eigenvalue weighted by atomic mass is 35.5. The Kier molecular flexibility index (Phi) is 7.09. The van der Waals surface area contributed by atoms with E-state index in [9.17, 15) is 0 Å². The average molecular weight is 179 g/mol. The van der Waals surface area contributed by atoms with Crippen molar-refractivity contribution in [3.63, 3.8) is 0 Å². The molecule has 0 aliphatic carbocycles. The topological polar surface area (TPSA) is 9.23 Å². The molecule has 2 atom stereocenters. The molecule has 68 valence electrons. The Morgan fingerprint density at radius 2 is 2.09 bits per heavy atom. The molecule has 0 saturated carbocycles. The van der Waals surface area contributed by atoms with Gasteiger partial charge in [-0.3, -0.25) is 0 Å². The molecule has 0 heterocycles. The lowest BCUT2D eigenvalue weighted by Crippen LogP contribution is -2.10. The predicted octanol–water partition coefficient (Wildman–Crippen LogP) is 3.07. The summed E-state index contributed by atoms with van der Waals surface area (Å²) >= 11 is 6.05. The number of halogens is 1. The lowest BCUT2D eigenvalue weighted by molar-refractivity contribution is 0.187. The zero-order chi connectivity index (χ0) is 8.69. The third-order valence-electron chi connectivity index (χ3n) is 2.02. The van der Waals surface area contributed by atoms with Crippen LogP contribution in [0.1, 0.15) is 33.1 Å². The summed E-state index contributed by atoms with van der Waals surface area (Å²) in [7, 11) is 1.74. The van der Waals surface area contributed by atoms with Gasteiger partial charge in [-0.2, -0.15) is 0 Å². The Hall–Kier alpha value is 0.250. The standard InChI is InChI=1S/C9H19ClO/c1-4-9(10)8(2)6-5-7-11-3/h8-9H,4-7H2,1-3H3. The lowest BCUT2D eigenvalue weighted by Gasteiger charge is -2.15. The summed E-state index contributed by atoms with van der Waals surface area (Å²) < 4.78 is 4.96. The molecule has 0 saturated heterocycles. The van der Waals surface area contributed by atoms with Gasteiger partial charge in [0.05, 0.1) is 0 Å². The van der Waals surface area contributed by atoms with E-state index in [0.29, 0.717) is 11.3 Å². The van der Waals surface area contributed by atoms with Crippen molar-refractivity contribution < 1.29 is 4.74 Å². The second kappa shape index (κ2) is 6.93. The van der Waals surface area contributed by atoms with Crippen LogP contribution in [0.3, 0.4) is 0 Å². The molecule has 0 aliphatic heterocycles. The van der Waals surface area contributed by atoms with Crippen LogP contribution in [-0.4, -0.2) is 19.1 Å². The van der Waals surface area contributed by atoms with E-state index >= 15 is 0 Å². The fourth-order valence-corrected chi connectivity index (χ4v) is 1.26. The number of hydrogen-bond donors (Lipinski definition) is 0. The maximum atomic E-state index is 6.05. The number of methoxy groups -OCH3 is 1. The Bertz CT molecular complexity index is 85.6. The molecule has 11 heavy (non-hydrogen) atoms.